The van der Waals surface area contributed by atoms with Crippen molar-refractivity contribution in [2.45, 2.75) is 6.42 Å². The number of ether oxygens (including phenoxy) is 1. The van der Waals surface area contributed by atoms with Crippen LogP contribution in [0.2, 0.25) is 0 Å². The molecule has 6 nitrogen and oxygen atoms in total. The maximum Gasteiger partial charge on any atom is 0.307 e. The first-order valence-corrected chi connectivity index (χ1v) is 4.98. The third-order valence-corrected chi connectivity index (χ3v) is 2.12. The molecule has 0 radical (unpaired) electrons. The number of amides is 1. The lowest BCUT2D eigenvalue weighted by Gasteiger charge is -2.07. The summed E-state index contributed by atoms with van der Waals surface area (Å²) in [6.07, 6.45) is 0.0843. The zero-order chi connectivity index (χ0) is 12.8. The average Bonchev–Trinajstić information content (AvgIpc) is 2.31. The average molecular weight is 238 g/mol. The molecule has 0 unspecified atom stereocenters. The van der Waals surface area contributed by atoms with E-state index < -0.39 is 11.9 Å². The van der Waals surface area contributed by atoms with Crippen LogP contribution in [-0.2, 0) is 9.53 Å². The van der Waals surface area contributed by atoms with Crippen LogP contribution >= 0.6 is 0 Å². The van der Waals surface area contributed by atoms with E-state index in [0.29, 0.717) is 0 Å². The van der Waals surface area contributed by atoms with Gasteiger partial charge in [-0.1, -0.05) is 0 Å². The normalized spacial score (nSPS) is 9.71. The minimum Gasteiger partial charge on any atom is -0.508 e. The molecule has 6 heteroatoms. The predicted molar refractivity (Wildman–Crippen MR) is 61.5 cm³/mol. The number of nitrogen functional groups attached to an aromatic ring is 1. The molecule has 1 amide bonds. The molecule has 1 aromatic carbocycles. The molecule has 0 aromatic heterocycles. The quantitative estimate of drug-likeness (QED) is 0.397. The number of hydrogen-bond acceptors (Lipinski definition) is 5. The van der Waals surface area contributed by atoms with Crippen LogP contribution in [0.3, 0.4) is 0 Å². The van der Waals surface area contributed by atoms with Gasteiger partial charge in [-0.2, -0.15) is 0 Å². The fourth-order valence-corrected chi connectivity index (χ4v) is 1.22. The smallest absolute Gasteiger partial charge is 0.307 e. The molecule has 0 aliphatic heterocycles. The van der Waals surface area contributed by atoms with Gasteiger partial charge in [-0.15, -0.1) is 0 Å². The third-order valence-electron chi connectivity index (χ3n) is 2.12. The molecule has 0 spiro atoms. The number of esters is 1. The molecule has 4 N–H and O–H groups in total. The van der Waals surface area contributed by atoms with E-state index in [1.807, 2.05) is 0 Å². The van der Waals surface area contributed by atoms with Gasteiger partial charge in [0.25, 0.3) is 5.91 Å². The number of anilines is 1. The number of nitrogens with two attached hydrogens (primary N) is 1. The van der Waals surface area contributed by atoms with Gasteiger partial charge >= 0.3 is 5.97 Å². The van der Waals surface area contributed by atoms with E-state index in [2.05, 4.69) is 10.1 Å². The van der Waals surface area contributed by atoms with Crippen molar-refractivity contribution >= 4 is 17.6 Å². The Morgan fingerprint density at radius 3 is 2.82 bits per heavy atom. The fourth-order valence-electron chi connectivity index (χ4n) is 1.22. The topological polar surface area (TPSA) is 102 Å². The lowest BCUT2D eigenvalue weighted by molar-refractivity contribution is -0.140. The standard InChI is InChI=1S/C11H14N2O4/c1-17-10(15)4-5-13-11(16)8-6-7(14)2-3-9(8)12/h2-3,6,14H,4-5,12H2,1H3,(H,13,16). The van der Waals surface area contributed by atoms with Gasteiger partial charge in [0.1, 0.15) is 5.75 Å². The largest absolute Gasteiger partial charge is 0.508 e. The second kappa shape index (κ2) is 5.74. The van der Waals surface area contributed by atoms with Crippen molar-refractivity contribution in [1.29, 1.82) is 0 Å². The number of rotatable bonds is 4. The highest BCUT2D eigenvalue weighted by Crippen LogP contribution is 2.18. The Kier molecular flexibility index (Phi) is 4.33. The first-order valence-electron chi connectivity index (χ1n) is 4.98. The molecule has 0 saturated heterocycles. The summed E-state index contributed by atoms with van der Waals surface area (Å²) < 4.78 is 4.43. The van der Waals surface area contributed by atoms with Crippen LogP contribution in [0.4, 0.5) is 5.69 Å². The first kappa shape index (κ1) is 12.8. The zero-order valence-electron chi connectivity index (χ0n) is 9.40. The Hall–Kier alpha value is -2.24. The number of nitrogens with one attached hydrogen (secondary N) is 1. The first-order chi connectivity index (χ1) is 8.04. The van der Waals surface area contributed by atoms with Gasteiger partial charge < -0.3 is 20.9 Å². The van der Waals surface area contributed by atoms with Crippen molar-refractivity contribution in [2.75, 3.05) is 19.4 Å². The van der Waals surface area contributed by atoms with Crippen molar-refractivity contribution < 1.29 is 19.4 Å². The maximum atomic E-state index is 11.6. The molecule has 1 aromatic rings. The Labute approximate surface area is 98.4 Å². The van der Waals surface area contributed by atoms with E-state index in [0.717, 1.165) is 0 Å². The minimum absolute atomic E-state index is 0.0442. The highest BCUT2D eigenvalue weighted by atomic mass is 16.5. The number of phenols is 1. The maximum absolute atomic E-state index is 11.6. The van der Waals surface area contributed by atoms with Gasteiger partial charge in [0.05, 0.1) is 19.1 Å². The summed E-state index contributed by atoms with van der Waals surface area (Å²) >= 11 is 0. The molecular weight excluding hydrogens is 224 g/mol. The molecule has 17 heavy (non-hydrogen) atoms. The molecule has 0 bridgehead atoms. The van der Waals surface area contributed by atoms with Crippen LogP contribution in [0.25, 0.3) is 0 Å². The Morgan fingerprint density at radius 1 is 1.47 bits per heavy atom. The summed E-state index contributed by atoms with van der Waals surface area (Å²) in [4.78, 5) is 22.4. The number of carbonyl (C=O) groups is 2. The number of methoxy groups -OCH3 is 1. The molecule has 1 rings (SSSR count). The van der Waals surface area contributed by atoms with Crippen molar-refractivity contribution in [2.24, 2.45) is 0 Å². The minimum atomic E-state index is -0.442. The summed E-state index contributed by atoms with van der Waals surface area (Å²) in [6, 6.07) is 4.09. The lowest BCUT2D eigenvalue weighted by Crippen LogP contribution is -2.27. The predicted octanol–water partition coefficient (Wildman–Crippen LogP) is 0.267. The molecule has 0 heterocycles. The second-order valence-electron chi connectivity index (χ2n) is 3.35. The summed E-state index contributed by atoms with van der Waals surface area (Å²) in [5, 5.41) is 11.7. The van der Waals surface area contributed by atoms with E-state index in [9.17, 15) is 14.7 Å². The zero-order valence-corrected chi connectivity index (χ0v) is 9.40. The van der Waals surface area contributed by atoms with Crippen molar-refractivity contribution in [3.63, 3.8) is 0 Å². The monoisotopic (exact) mass is 238 g/mol. The summed E-state index contributed by atoms with van der Waals surface area (Å²) in [7, 11) is 1.28. The molecule has 0 fully saturated rings. The third kappa shape index (κ3) is 3.67. The number of benzene rings is 1. The Morgan fingerprint density at radius 2 is 2.18 bits per heavy atom. The summed E-state index contributed by atoms with van der Waals surface area (Å²) in [5.41, 5.74) is 6.02. The number of phenolic OH excluding ortho intramolecular Hbond substituents is 1. The van der Waals surface area contributed by atoms with Crippen LogP contribution < -0.4 is 11.1 Å². The van der Waals surface area contributed by atoms with Crippen LogP contribution in [0, 0.1) is 0 Å². The summed E-state index contributed by atoms with van der Waals surface area (Å²) in [5.74, 6) is -0.895. The highest BCUT2D eigenvalue weighted by Gasteiger charge is 2.10. The SMILES string of the molecule is COC(=O)CCNC(=O)c1cc(O)ccc1N. The van der Waals surface area contributed by atoms with Crippen LogP contribution in [0.15, 0.2) is 18.2 Å². The molecule has 0 saturated carbocycles. The van der Waals surface area contributed by atoms with E-state index in [1.54, 1.807) is 0 Å². The lowest BCUT2D eigenvalue weighted by atomic mass is 10.1. The molecule has 92 valence electrons. The van der Waals surface area contributed by atoms with Crippen molar-refractivity contribution in [3.05, 3.63) is 23.8 Å². The van der Waals surface area contributed by atoms with Gasteiger partial charge in [0.15, 0.2) is 0 Å². The van der Waals surface area contributed by atoms with Crippen LogP contribution in [0.1, 0.15) is 16.8 Å². The van der Waals surface area contributed by atoms with Gasteiger partial charge in [0, 0.05) is 12.2 Å². The van der Waals surface area contributed by atoms with Gasteiger partial charge in [-0.05, 0) is 18.2 Å². The van der Waals surface area contributed by atoms with E-state index >= 15 is 0 Å². The molecule has 0 aliphatic carbocycles. The van der Waals surface area contributed by atoms with E-state index in [4.69, 9.17) is 5.73 Å². The fraction of sp³-hybridized carbons (Fsp3) is 0.273. The summed E-state index contributed by atoms with van der Waals surface area (Å²) in [6.45, 7) is 0.153. The Bertz CT molecular complexity index is 431. The highest BCUT2D eigenvalue weighted by molar-refractivity contribution is 5.99. The van der Waals surface area contributed by atoms with Crippen molar-refractivity contribution in [1.82, 2.24) is 5.32 Å². The van der Waals surface area contributed by atoms with E-state index in [1.165, 1.54) is 25.3 Å². The molecule has 0 aliphatic rings. The van der Waals surface area contributed by atoms with Crippen LogP contribution in [0.5, 0.6) is 5.75 Å². The van der Waals surface area contributed by atoms with Crippen molar-refractivity contribution in [3.8, 4) is 5.75 Å². The number of hydrogen-bond donors (Lipinski definition) is 3. The van der Waals surface area contributed by atoms with E-state index in [-0.39, 0.29) is 30.0 Å². The molecule has 0 atom stereocenters. The number of carbonyl (C=O) groups excluding carboxylic acids is 2. The molecular formula is C11H14N2O4. The van der Waals surface area contributed by atoms with Gasteiger partial charge in [-0.25, -0.2) is 0 Å². The second-order valence-corrected chi connectivity index (χ2v) is 3.35. The Balaban J connectivity index is 2.58. The van der Waals surface area contributed by atoms with Crippen LogP contribution in [-0.4, -0.2) is 30.6 Å². The van der Waals surface area contributed by atoms with Gasteiger partial charge in [0.2, 0.25) is 0 Å². The number of aromatic hydroxyl groups is 1. The van der Waals surface area contributed by atoms with Gasteiger partial charge in [-0.3, -0.25) is 9.59 Å².